The van der Waals surface area contributed by atoms with Gasteiger partial charge in [-0.15, -0.1) is 0 Å². The maximum absolute atomic E-state index is 5.93. The van der Waals surface area contributed by atoms with Crippen LogP contribution < -0.4 is 5.73 Å². The fourth-order valence-electron chi connectivity index (χ4n) is 1.92. The van der Waals surface area contributed by atoms with Gasteiger partial charge in [-0.1, -0.05) is 13.0 Å². The second-order valence-corrected chi connectivity index (χ2v) is 5.23. The van der Waals surface area contributed by atoms with Crippen molar-refractivity contribution in [2.45, 2.75) is 19.9 Å². The van der Waals surface area contributed by atoms with Crippen molar-refractivity contribution in [3.8, 4) is 0 Å². The maximum atomic E-state index is 5.93. The molecular weight excluding hydrogens is 216 g/mol. The lowest BCUT2D eigenvalue weighted by Crippen LogP contribution is -1.97. The molecule has 0 aliphatic carbocycles. The number of nitrogens with two attached hydrogens (primary N) is 1. The van der Waals surface area contributed by atoms with Gasteiger partial charge in [0.25, 0.3) is 0 Å². The first-order valence-electron chi connectivity index (χ1n) is 5.74. The van der Waals surface area contributed by atoms with Crippen molar-refractivity contribution in [2.24, 2.45) is 0 Å². The van der Waals surface area contributed by atoms with Crippen molar-refractivity contribution in [3.63, 3.8) is 0 Å². The number of thioether (sulfide) groups is 1. The first-order chi connectivity index (χ1) is 7.83. The lowest BCUT2D eigenvalue weighted by atomic mass is 10.2. The number of aryl methyl sites for hydroxylation is 1. The molecule has 1 aromatic carbocycles. The highest BCUT2D eigenvalue weighted by atomic mass is 32.2. The zero-order chi connectivity index (χ0) is 11.4. The van der Waals surface area contributed by atoms with Crippen LogP contribution in [0.4, 0.5) is 5.69 Å². The zero-order valence-corrected chi connectivity index (χ0v) is 10.5. The average molecular weight is 234 g/mol. The summed E-state index contributed by atoms with van der Waals surface area (Å²) in [4.78, 5) is 0. The first kappa shape index (κ1) is 11.4. The van der Waals surface area contributed by atoms with Crippen LogP contribution in [0.2, 0.25) is 0 Å². The van der Waals surface area contributed by atoms with Crippen LogP contribution in [-0.2, 0) is 6.54 Å². The molecular formula is C13H18N2S. The standard InChI is InChI=1S/C13H18N2S/c1-2-16-10-4-8-15-9-7-11-12(14)5-3-6-13(11)15/h3,5-7,9H,2,4,8,10,14H2,1H3. The molecule has 1 aromatic heterocycles. The fourth-order valence-corrected chi connectivity index (χ4v) is 2.55. The van der Waals surface area contributed by atoms with E-state index in [2.05, 4.69) is 29.8 Å². The lowest BCUT2D eigenvalue weighted by molar-refractivity contribution is 0.709. The van der Waals surface area contributed by atoms with Gasteiger partial charge in [-0.05, 0) is 36.1 Å². The summed E-state index contributed by atoms with van der Waals surface area (Å²) >= 11 is 2.00. The molecule has 2 nitrogen and oxygen atoms in total. The second-order valence-electron chi connectivity index (χ2n) is 3.84. The Bertz CT molecular complexity index is 462. The Morgan fingerprint density at radius 3 is 3.00 bits per heavy atom. The molecule has 0 aliphatic rings. The minimum absolute atomic E-state index is 0.874. The quantitative estimate of drug-likeness (QED) is 0.635. The topological polar surface area (TPSA) is 30.9 Å². The third kappa shape index (κ3) is 2.35. The molecule has 0 saturated carbocycles. The first-order valence-corrected chi connectivity index (χ1v) is 6.89. The molecule has 0 radical (unpaired) electrons. The summed E-state index contributed by atoms with van der Waals surface area (Å²) < 4.78 is 2.29. The smallest absolute Gasteiger partial charge is 0.0501 e. The molecule has 2 N–H and O–H groups in total. The Hall–Kier alpha value is -1.09. The summed E-state index contributed by atoms with van der Waals surface area (Å²) in [6.07, 6.45) is 3.36. The molecule has 1 heterocycles. The minimum Gasteiger partial charge on any atom is -0.398 e. The molecule has 2 aromatic rings. The van der Waals surface area contributed by atoms with Gasteiger partial charge in [-0.2, -0.15) is 11.8 Å². The Morgan fingerprint density at radius 1 is 1.31 bits per heavy atom. The third-order valence-corrected chi connectivity index (χ3v) is 3.72. The predicted molar refractivity (Wildman–Crippen MR) is 74.0 cm³/mol. The molecule has 0 bridgehead atoms. The van der Waals surface area contributed by atoms with Crippen molar-refractivity contribution < 1.29 is 0 Å². The molecule has 2 rings (SSSR count). The molecule has 0 unspecified atom stereocenters. The normalized spacial score (nSPS) is 11.1. The van der Waals surface area contributed by atoms with Gasteiger partial charge in [0.05, 0.1) is 5.52 Å². The zero-order valence-electron chi connectivity index (χ0n) is 9.65. The van der Waals surface area contributed by atoms with Crippen molar-refractivity contribution in [1.82, 2.24) is 4.57 Å². The highest BCUT2D eigenvalue weighted by molar-refractivity contribution is 7.99. The molecule has 0 fully saturated rings. The highest BCUT2D eigenvalue weighted by Gasteiger charge is 2.02. The number of hydrogen-bond donors (Lipinski definition) is 1. The van der Waals surface area contributed by atoms with Gasteiger partial charge in [-0.25, -0.2) is 0 Å². The van der Waals surface area contributed by atoms with Gasteiger partial charge in [-0.3, -0.25) is 0 Å². The SMILES string of the molecule is CCSCCCn1ccc2c(N)cccc21. The van der Waals surface area contributed by atoms with Gasteiger partial charge in [0.2, 0.25) is 0 Å². The second kappa shape index (κ2) is 5.30. The van der Waals surface area contributed by atoms with Crippen molar-refractivity contribution in [1.29, 1.82) is 0 Å². The third-order valence-electron chi connectivity index (χ3n) is 2.74. The van der Waals surface area contributed by atoms with E-state index in [0.29, 0.717) is 0 Å². The van der Waals surface area contributed by atoms with Crippen molar-refractivity contribution >= 4 is 28.4 Å². The van der Waals surface area contributed by atoms with E-state index in [1.807, 2.05) is 23.9 Å². The summed E-state index contributed by atoms with van der Waals surface area (Å²) in [5.41, 5.74) is 8.05. The van der Waals surface area contributed by atoms with Crippen molar-refractivity contribution in [2.75, 3.05) is 17.2 Å². The van der Waals surface area contributed by atoms with Crippen LogP contribution in [0.5, 0.6) is 0 Å². The van der Waals surface area contributed by atoms with E-state index in [1.54, 1.807) is 0 Å². The van der Waals surface area contributed by atoms with E-state index in [-0.39, 0.29) is 0 Å². The molecule has 86 valence electrons. The van der Waals surface area contributed by atoms with Crippen LogP contribution in [0.15, 0.2) is 30.5 Å². The number of aromatic nitrogens is 1. The molecule has 3 heteroatoms. The summed E-state index contributed by atoms with van der Waals surface area (Å²) in [5, 5.41) is 1.17. The van der Waals surface area contributed by atoms with Gasteiger partial charge < -0.3 is 10.3 Å². The minimum atomic E-state index is 0.874. The number of rotatable bonds is 5. The Kier molecular flexibility index (Phi) is 3.78. The van der Waals surface area contributed by atoms with Gasteiger partial charge in [0.1, 0.15) is 0 Å². The number of anilines is 1. The van der Waals surface area contributed by atoms with Gasteiger partial charge >= 0.3 is 0 Å². The Morgan fingerprint density at radius 2 is 2.19 bits per heavy atom. The maximum Gasteiger partial charge on any atom is 0.0501 e. The highest BCUT2D eigenvalue weighted by Crippen LogP contribution is 2.22. The number of nitrogen functional groups attached to an aromatic ring is 1. The largest absolute Gasteiger partial charge is 0.398 e. The molecule has 16 heavy (non-hydrogen) atoms. The summed E-state index contributed by atoms with van der Waals surface area (Å²) in [5.74, 6) is 2.44. The Labute approximate surface area is 101 Å². The average Bonchev–Trinajstić information content (AvgIpc) is 2.70. The summed E-state index contributed by atoms with van der Waals surface area (Å²) in [6, 6.07) is 8.23. The van der Waals surface area contributed by atoms with E-state index in [1.165, 1.54) is 28.8 Å². The van der Waals surface area contributed by atoms with Crippen LogP contribution in [0.1, 0.15) is 13.3 Å². The van der Waals surface area contributed by atoms with Crippen LogP contribution in [0.3, 0.4) is 0 Å². The molecule has 0 aliphatic heterocycles. The molecule has 0 spiro atoms. The van der Waals surface area contributed by atoms with Crippen LogP contribution in [0, 0.1) is 0 Å². The van der Waals surface area contributed by atoms with E-state index in [4.69, 9.17) is 5.73 Å². The molecule has 0 amide bonds. The van der Waals surface area contributed by atoms with E-state index in [0.717, 1.165) is 12.2 Å². The van der Waals surface area contributed by atoms with E-state index in [9.17, 15) is 0 Å². The van der Waals surface area contributed by atoms with Crippen LogP contribution >= 0.6 is 11.8 Å². The van der Waals surface area contributed by atoms with Crippen molar-refractivity contribution in [3.05, 3.63) is 30.5 Å². The molecule has 0 atom stereocenters. The number of benzene rings is 1. The Balaban J connectivity index is 2.10. The lowest BCUT2D eigenvalue weighted by Gasteiger charge is -2.05. The predicted octanol–water partition coefficient (Wildman–Crippen LogP) is 3.37. The number of hydrogen-bond acceptors (Lipinski definition) is 2. The van der Waals surface area contributed by atoms with Gasteiger partial charge in [0, 0.05) is 23.8 Å². The van der Waals surface area contributed by atoms with Crippen LogP contribution in [0.25, 0.3) is 10.9 Å². The number of nitrogens with zero attached hydrogens (tertiary/aromatic N) is 1. The number of fused-ring (bicyclic) bond motifs is 1. The summed E-state index contributed by atoms with van der Waals surface area (Å²) in [7, 11) is 0. The molecule has 0 saturated heterocycles. The fraction of sp³-hybridized carbons (Fsp3) is 0.385. The van der Waals surface area contributed by atoms with E-state index >= 15 is 0 Å². The van der Waals surface area contributed by atoms with Crippen LogP contribution in [-0.4, -0.2) is 16.1 Å². The summed E-state index contributed by atoms with van der Waals surface area (Å²) in [6.45, 7) is 3.29. The van der Waals surface area contributed by atoms with E-state index < -0.39 is 0 Å². The van der Waals surface area contributed by atoms with Gasteiger partial charge in [0.15, 0.2) is 0 Å². The monoisotopic (exact) mass is 234 g/mol.